The molecule has 0 bridgehead atoms. The average molecular weight is 792 g/mol. The van der Waals surface area contributed by atoms with Crippen molar-refractivity contribution in [1.29, 1.82) is 0 Å². The van der Waals surface area contributed by atoms with Crippen LogP contribution in [0.4, 0.5) is 17.1 Å². The lowest BCUT2D eigenvalue weighted by Crippen LogP contribution is -2.32. The van der Waals surface area contributed by atoms with E-state index in [0.717, 1.165) is 72.4 Å². The number of hydrogen-bond acceptors (Lipinski definition) is 3. The normalized spacial score (nSPS) is 13.1. The second kappa shape index (κ2) is 13.4. The van der Waals surface area contributed by atoms with Crippen molar-refractivity contribution in [3.8, 4) is 44.9 Å². The van der Waals surface area contributed by atoms with Gasteiger partial charge in [-0.1, -0.05) is 158 Å². The molecule has 1 aliphatic carbocycles. The molecule has 3 heteroatoms. The summed E-state index contributed by atoms with van der Waals surface area (Å²) in [5.41, 5.74) is 16.7. The van der Waals surface area contributed by atoms with Gasteiger partial charge in [0, 0.05) is 44.2 Å². The second-order valence-corrected chi connectivity index (χ2v) is 16.4. The molecule has 13 rings (SSSR count). The van der Waals surface area contributed by atoms with Crippen LogP contribution >= 0.6 is 0 Å². The van der Waals surface area contributed by atoms with Crippen molar-refractivity contribution in [1.82, 2.24) is 0 Å². The molecule has 0 radical (unpaired) electrons. The van der Waals surface area contributed by atoms with Crippen molar-refractivity contribution in [2.24, 2.45) is 0 Å². The molecular weight excluding hydrogens is 755 g/mol. The van der Waals surface area contributed by atoms with Gasteiger partial charge in [-0.15, -0.1) is 0 Å². The van der Waals surface area contributed by atoms with Gasteiger partial charge in [0.05, 0.1) is 11.1 Å². The highest BCUT2D eigenvalue weighted by Gasteiger charge is 2.50. The van der Waals surface area contributed by atoms with E-state index in [2.05, 4.69) is 217 Å². The summed E-state index contributed by atoms with van der Waals surface area (Å²) in [6.07, 6.45) is 0. The van der Waals surface area contributed by atoms with Crippen LogP contribution in [-0.4, -0.2) is 0 Å². The lowest BCUT2D eigenvalue weighted by Gasteiger charge is -2.39. The third-order valence-corrected chi connectivity index (χ3v) is 13.1. The predicted molar refractivity (Wildman–Crippen MR) is 254 cm³/mol. The minimum atomic E-state index is -0.484. The first-order chi connectivity index (χ1) is 30.7. The first kappa shape index (κ1) is 34.7. The Bertz CT molecular complexity index is 3520. The largest absolute Gasteiger partial charge is 0.457 e. The van der Waals surface area contributed by atoms with E-state index in [1.807, 2.05) is 12.1 Å². The van der Waals surface area contributed by atoms with E-state index in [4.69, 9.17) is 9.15 Å². The van der Waals surface area contributed by atoms with Crippen molar-refractivity contribution in [2.45, 2.75) is 5.41 Å². The summed E-state index contributed by atoms with van der Waals surface area (Å²) in [4.78, 5) is 2.39. The number of fused-ring (bicyclic) bond motifs is 14. The van der Waals surface area contributed by atoms with Gasteiger partial charge in [0.15, 0.2) is 0 Å². The molecule has 10 aromatic carbocycles. The molecule has 0 atom stereocenters. The number of ether oxygens (including phenoxy) is 1. The highest BCUT2D eigenvalue weighted by Crippen LogP contribution is 2.62. The van der Waals surface area contributed by atoms with Crippen molar-refractivity contribution < 1.29 is 9.15 Å². The van der Waals surface area contributed by atoms with Crippen LogP contribution in [0.25, 0.3) is 66.1 Å². The number of furan rings is 1. The van der Waals surface area contributed by atoms with Gasteiger partial charge >= 0.3 is 0 Å². The van der Waals surface area contributed by atoms with Gasteiger partial charge in [0.1, 0.15) is 22.7 Å². The Kier molecular flexibility index (Phi) is 7.52. The van der Waals surface area contributed by atoms with Gasteiger partial charge in [-0.3, -0.25) is 0 Å². The van der Waals surface area contributed by atoms with E-state index in [-0.39, 0.29) is 0 Å². The molecule has 1 aliphatic heterocycles. The quantitative estimate of drug-likeness (QED) is 0.174. The fraction of sp³-hybridized carbons (Fsp3) is 0.0169. The zero-order valence-electron chi connectivity index (χ0n) is 33.6. The van der Waals surface area contributed by atoms with Crippen molar-refractivity contribution >= 4 is 49.8 Å². The van der Waals surface area contributed by atoms with E-state index >= 15 is 0 Å². The van der Waals surface area contributed by atoms with Crippen molar-refractivity contribution in [3.05, 3.63) is 247 Å². The summed E-state index contributed by atoms with van der Waals surface area (Å²) in [5, 5.41) is 4.49. The van der Waals surface area contributed by atoms with E-state index in [0.29, 0.717) is 0 Å². The van der Waals surface area contributed by atoms with Crippen LogP contribution in [0.2, 0.25) is 0 Å². The van der Waals surface area contributed by atoms with Gasteiger partial charge < -0.3 is 14.1 Å². The predicted octanol–water partition coefficient (Wildman–Crippen LogP) is 16.0. The van der Waals surface area contributed by atoms with Crippen LogP contribution in [-0.2, 0) is 5.41 Å². The van der Waals surface area contributed by atoms with Crippen LogP contribution in [0.15, 0.2) is 229 Å². The fourth-order valence-electron chi connectivity index (χ4n) is 10.4. The zero-order chi connectivity index (χ0) is 40.8. The van der Waals surface area contributed by atoms with E-state index in [1.54, 1.807) is 0 Å². The fourth-order valence-corrected chi connectivity index (χ4v) is 10.4. The van der Waals surface area contributed by atoms with Gasteiger partial charge in [-0.2, -0.15) is 0 Å². The first-order valence-corrected chi connectivity index (χ1v) is 21.2. The summed E-state index contributed by atoms with van der Waals surface area (Å²) in [7, 11) is 0. The molecule has 290 valence electrons. The summed E-state index contributed by atoms with van der Waals surface area (Å²) in [6, 6.07) is 80.9. The van der Waals surface area contributed by atoms with Crippen LogP contribution in [0.3, 0.4) is 0 Å². The third-order valence-electron chi connectivity index (χ3n) is 13.1. The molecule has 0 unspecified atom stereocenters. The second-order valence-electron chi connectivity index (χ2n) is 16.4. The molecule has 0 saturated carbocycles. The molecule has 2 aliphatic rings. The number of rotatable bonds is 5. The molecule has 1 aromatic heterocycles. The van der Waals surface area contributed by atoms with Crippen LogP contribution in [0.1, 0.15) is 22.3 Å². The summed E-state index contributed by atoms with van der Waals surface area (Å²) < 4.78 is 13.0. The van der Waals surface area contributed by atoms with E-state index in [1.165, 1.54) is 44.5 Å². The van der Waals surface area contributed by atoms with Gasteiger partial charge in [0.2, 0.25) is 0 Å². The van der Waals surface area contributed by atoms with Crippen molar-refractivity contribution in [3.63, 3.8) is 0 Å². The molecule has 0 saturated heterocycles. The lowest BCUT2D eigenvalue weighted by molar-refractivity contribution is 0.436. The average Bonchev–Trinajstić information content (AvgIpc) is 3.86. The van der Waals surface area contributed by atoms with Gasteiger partial charge in [-0.25, -0.2) is 0 Å². The Balaban J connectivity index is 0.951. The SMILES string of the molecule is c1ccc(-c2ccccc2N(c2ccc(-c3ccc4c(c3)-c3ccccc3C43c4ccccc4Oc4ccccc43)cc2)c2ccc3c(ccc4c5ccccc5oc34)c2)cc1. The Morgan fingerprint density at radius 1 is 0.355 bits per heavy atom. The summed E-state index contributed by atoms with van der Waals surface area (Å²) in [6.45, 7) is 0. The minimum absolute atomic E-state index is 0.484. The molecular formula is C59H37NO2. The van der Waals surface area contributed by atoms with Crippen molar-refractivity contribution in [2.75, 3.05) is 4.90 Å². The third kappa shape index (κ3) is 5.00. The number of anilines is 3. The smallest absolute Gasteiger partial charge is 0.143 e. The Morgan fingerprint density at radius 2 is 0.968 bits per heavy atom. The number of benzene rings is 10. The first-order valence-electron chi connectivity index (χ1n) is 21.2. The molecule has 0 N–H and O–H groups in total. The summed E-state index contributed by atoms with van der Waals surface area (Å²) >= 11 is 0. The van der Waals surface area contributed by atoms with Gasteiger partial charge in [0.25, 0.3) is 0 Å². The van der Waals surface area contributed by atoms with Crippen LogP contribution in [0, 0.1) is 0 Å². The summed E-state index contributed by atoms with van der Waals surface area (Å²) in [5.74, 6) is 1.81. The standard InChI is InChI=1S/C59H37NO2/c1-2-14-39(15-3-1)44-16-5-10-22-54(44)60(43-32-34-45-41(36-43)28-33-48-47-18-6-11-23-55(47)62-58(45)48)42-30-26-38(27-31-42)40-29-35-51-49(37-40)46-17-4-7-19-50(46)59(51)52-20-8-12-24-56(52)61-57-25-13-9-21-53(57)59/h1-37H. The Morgan fingerprint density at radius 3 is 1.77 bits per heavy atom. The molecule has 1 spiro atoms. The molecule has 0 fully saturated rings. The van der Waals surface area contributed by atoms with Crippen LogP contribution < -0.4 is 9.64 Å². The minimum Gasteiger partial charge on any atom is -0.457 e. The van der Waals surface area contributed by atoms with E-state index in [9.17, 15) is 0 Å². The topological polar surface area (TPSA) is 25.6 Å². The molecule has 2 heterocycles. The number of hydrogen-bond donors (Lipinski definition) is 0. The maximum atomic E-state index is 6.56. The molecule has 3 nitrogen and oxygen atoms in total. The number of para-hydroxylation sites is 4. The Hall–Kier alpha value is -8.14. The lowest BCUT2D eigenvalue weighted by atomic mass is 9.66. The maximum absolute atomic E-state index is 6.56. The highest BCUT2D eigenvalue weighted by molar-refractivity contribution is 6.15. The zero-order valence-corrected chi connectivity index (χ0v) is 33.6. The maximum Gasteiger partial charge on any atom is 0.143 e. The monoisotopic (exact) mass is 791 g/mol. The Labute approximate surface area is 359 Å². The number of nitrogens with zero attached hydrogens (tertiary/aromatic N) is 1. The van der Waals surface area contributed by atoms with E-state index < -0.39 is 5.41 Å². The highest BCUT2D eigenvalue weighted by atomic mass is 16.5. The molecule has 11 aromatic rings. The molecule has 0 amide bonds. The van der Waals surface area contributed by atoms with Crippen LogP contribution in [0.5, 0.6) is 11.5 Å². The molecule has 62 heavy (non-hydrogen) atoms. The van der Waals surface area contributed by atoms with Gasteiger partial charge in [-0.05, 0) is 111 Å².